The van der Waals surface area contributed by atoms with Crippen molar-refractivity contribution in [2.45, 2.75) is 36.1 Å². The minimum Gasteiger partial charge on any atom is -0.225 e. The van der Waals surface area contributed by atoms with E-state index in [4.69, 9.17) is 11.6 Å². The first-order valence-corrected chi connectivity index (χ1v) is 7.03. The van der Waals surface area contributed by atoms with Crippen molar-refractivity contribution in [1.29, 1.82) is 0 Å². The molecule has 7 heteroatoms. The second kappa shape index (κ2) is 5.29. The third-order valence-corrected chi connectivity index (χ3v) is 4.27. The molecule has 0 bridgehead atoms. The van der Waals surface area contributed by atoms with E-state index >= 15 is 0 Å². The minimum atomic E-state index is 0.252. The fourth-order valence-electron chi connectivity index (χ4n) is 1.13. The highest BCUT2D eigenvalue weighted by molar-refractivity contribution is 8.00. The van der Waals surface area contributed by atoms with E-state index in [1.54, 1.807) is 0 Å². The van der Waals surface area contributed by atoms with Crippen LogP contribution in [0.3, 0.4) is 0 Å². The van der Waals surface area contributed by atoms with Crippen molar-refractivity contribution in [3.05, 3.63) is 22.9 Å². The molecule has 0 atom stereocenters. The predicted molar refractivity (Wildman–Crippen MR) is 69.9 cm³/mol. The molecule has 4 nitrogen and oxygen atoms in total. The van der Waals surface area contributed by atoms with Gasteiger partial charge in [-0.2, -0.15) is 4.37 Å². The molecule has 0 unspecified atom stereocenters. The molecule has 0 aliphatic heterocycles. The van der Waals surface area contributed by atoms with Crippen LogP contribution < -0.4 is 0 Å². The SMILES string of the molecule is Cc1c(Cl)nc(C(C)C)nc1Sc1ncns1. The highest BCUT2D eigenvalue weighted by Crippen LogP contribution is 2.32. The van der Waals surface area contributed by atoms with Gasteiger partial charge in [-0.15, -0.1) is 0 Å². The third kappa shape index (κ3) is 2.94. The van der Waals surface area contributed by atoms with E-state index in [2.05, 4.69) is 19.3 Å². The molecule has 0 aromatic carbocycles. The fraction of sp³-hybridized carbons (Fsp3) is 0.400. The van der Waals surface area contributed by atoms with E-state index in [0.717, 1.165) is 20.8 Å². The molecule has 0 radical (unpaired) electrons. The Morgan fingerprint density at radius 2 is 2.12 bits per heavy atom. The van der Waals surface area contributed by atoms with Crippen molar-refractivity contribution >= 4 is 34.9 Å². The monoisotopic (exact) mass is 286 g/mol. The van der Waals surface area contributed by atoms with Gasteiger partial charge in [0.1, 0.15) is 22.3 Å². The predicted octanol–water partition coefficient (Wildman–Crippen LogP) is 3.56. The highest BCUT2D eigenvalue weighted by atomic mass is 35.5. The zero-order valence-corrected chi connectivity index (χ0v) is 12.0. The van der Waals surface area contributed by atoms with Crippen LogP contribution >= 0.6 is 34.9 Å². The number of nitrogens with zero attached hydrogens (tertiary/aromatic N) is 4. The molecule has 2 rings (SSSR count). The van der Waals surface area contributed by atoms with Crippen molar-refractivity contribution in [2.75, 3.05) is 0 Å². The van der Waals surface area contributed by atoms with Gasteiger partial charge >= 0.3 is 0 Å². The van der Waals surface area contributed by atoms with Gasteiger partial charge < -0.3 is 0 Å². The van der Waals surface area contributed by atoms with E-state index in [1.165, 1.54) is 29.6 Å². The number of halogens is 1. The lowest BCUT2D eigenvalue weighted by Gasteiger charge is -2.09. The molecular weight excluding hydrogens is 276 g/mol. The van der Waals surface area contributed by atoms with Crippen LogP contribution in [0.15, 0.2) is 15.7 Å². The summed E-state index contributed by atoms with van der Waals surface area (Å²) in [5.41, 5.74) is 0.885. The molecule has 0 N–H and O–H groups in total. The standard InChI is InChI=1S/C10H11ClN4S2/c1-5(2)8-14-7(11)6(3)9(15-8)16-10-12-4-13-17-10/h4-5H,1-3H3. The zero-order valence-electron chi connectivity index (χ0n) is 9.64. The van der Waals surface area contributed by atoms with Crippen molar-refractivity contribution in [3.63, 3.8) is 0 Å². The van der Waals surface area contributed by atoms with Crippen LogP contribution in [-0.4, -0.2) is 19.3 Å². The summed E-state index contributed by atoms with van der Waals surface area (Å²) in [6.45, 7) is 6.00. The van der Waals surface area contributed by atoms with Crippen LogP contribution in [-0.2, 0) is 0 Å². The first kappa shape index (κ1) is 12.7. The number of hydrogen-bond acceptors (Lipinski definition) is 6. The lowest BCUT2D eigenvalue weighted by molar-refractivity contribution is 0.747. The van der Waals surface area contributed by atoms with Crippen LogP contribution in [0, 0.1) is 6.92 Å². The number of aromatic nitrogens is 4. The lowest BCUT2D eigenvalue weighted by Crippen LogP contribution is -2.01. The number of rotatable bonds is 3. The summed E-state index contributed by atoms with van der Waals surface area (Å²) in [5.74, 6) is 1.01. The summed E-state index contributed by atoms with van der Waals surface area (Å²) in [4.78, 5) is 12.9. The van der Waals surface area contributed by atoms with E-state index < -0.39 is 0 Å². The molecule has 0 saturated carbocycles. The largest absolute Gasteiger partial charge is 0.225 e. The fourth-order valence-corrected chi connectivity index (χ4v) is 2.81. The van der Waals surface area contributed by atoms with Crippen LogP contribution in [0.5, 0.6) is 0 Å². The summed E-state index contributed by atoms with van der Waals surface area (Å²) in [6.07, 6.45) is 1.54. The summed E-state index contributed by atoms with van der Waals surface area (Å²) in [5, 5.41) is 1.36. The van der Waals surface area contributed by atoms with Crippen LogP contribution in [0.4, 0.5) is 0 Å². The Kier molecular flexibility index (Phi) is 3.96. The van der Waals surface area contributed by atoms with Crippen molar-refractivity contribution in [3.8, 4) is 0 Å². The molecule has 2 heterocycles. The Balaban J connectivity index is 2.38. The molecule has 2 aromatic heterocycles. The van der Waals surface area contributed by atoms with Crippen molar-refractivity contribution in [1.82, 2.24) is 19.3 Å². The first-order valence-electron chi connectivity index (χ1n) is 5.06. The second-order valence-corrected chi connectivity index (χ2v) is 6.14. The van der Waals surface area contributed by atoms with E-state index in [0.29, 0.717) is 5.15 Å². The van der Waals surface area contributed by atoms with Crippen LogP contribution in [0.1, 0.15) is 31.2 Å². The maximum atomic E-state index is 6.11. The van der Waals surface area contributed by atoms with E-state index in [-0.39, 0.29) is 5.92 Å². The molecule has 0 amide bonds. The molecule has 2 aromatic rings. The van der Waals surface area contributed by atoms with Crippen LogP contribution in [0.25, 0.3) is 0 Å². The molecule has 0 aliphatic rings. The van der Waals surface area contributed by atoms with Gasteiger partial charge in [0, 0.05) is 11.5 Å². The minimum absolute atomic E-state index is 0.252. The average Bonchev–Trinajstić information content (AvgIpc) is 2.77. The lowest BCUT2D eigenvalue weighted by atomic mass is 10.2. The Morgan fingerprint density at radius 1 is 1.35 bits per heavy atom. The molecule has 0 spiro atoms. The highest BCUT2D eigenvalue weighted by Gasteiger charge is 2.13. The topological polar surface area (TPSA) is 51.6 Å². The summed E-state index contributed by atoms with van der Waals surface area (Å²) in [6, 6.07) is 0. The maximum Gasteiger partial charge on any atom is 0.176 e. The van der Waals surface area contributed by atoms with E-state index in [9.17, 15) is 0 Å². The molecule has 0 aliphatic carbocycles. The Labute approximate surface area is 113 Å². The van der Waals surface area contributed by atoms with Crippen molar-refractivity contribution in [2.24, 2.45) is 0 Å². The molecule has 0 fully saturated rings. The van der Waals surface area contributed by atoms with E-state index in [1.807, 2.05) is 20.8 Å². The van der Waals surface area contributed by atoms with Gasteiger partial charge in [0.15, 0.2) is 4.34 Å². The summed E-state index contributed by atoms with van der Waals surface area (Å²) in [7, 11) is 0. The van der Waals surface area contributed by atoms with Gasteiger partial charge in [0.05, 0.1) is 0 Å². The summed E-state index contributed by atoms with van der Waals surface area (Å²) >= 11 is 8.93. The molecule has 90 valence electrons. The first-order chi connectivity index (χ1) is 8.08. The maximum absolute atomic E-state index is 6.11. The van der Waals surface area contributed by atoms with Gasteiger partial charge in [-0.25, -0.2) is 15.0 Å². The molecular formula is C10H11ClN4S2. The Morgan fingerprint density at radius 3 is 2.71 bits per heavy atom. The average molecular weight is 287 g/mol. The quantitative estimate of drug-likeness (QED) is 0.808. The smallest absolute Gasteiger partial charge is 0.176 e. The van der Waals surface area contributed by atoms with Gasteiger partial charge in [-0.1, -0.05) is 25.4 Å². The molecule has 0 saturated heterocycles. The zero-order chi connectivity index (χ0) is 12.4. The Hall–Kier alpha value is -0.720. The summed E-state index contributed by atoms with van der Waals surface area (Å²) < 4.78 is 4.82. The molecule has 17 heavy (non-hydrogen) atoms. The van der Waals surface area contributed by atoms with Gasteiger partial charge in [-0.3, -0.25) is 0 Å². The van der Waals surface area contributed by atoms with Crippen LogP contribution in [0.2, 0.25) is 5.15 Å². The van der Waals surface area contributed by atoms with Gasteiger partial charge in [0.25, 0.3) is 0 Å². The Bertz CT molecular complexity index is 513. The van der Waals surface area contributed by atoms with Gasteiger partial charge in [-0.05, 0) is 30.2 Å². The van der Waals surface area contributed by atoms with Crippen molar-refractivity contribution < 1.29 is 0 Å². The third-order valence-electron chi connectivity index (χ3n) is 2.10. The normalized spacial score (nSPS) is 11.1. The van der Waals surface area contributed by atoms with Gasteiger partial charge in [0.2, 0.25) is 0 Å². The number of hydrogen-bond donors (Lipinski definition) is 0. The second-order valence-electron chi connectivity index (χ2n) is 3.77.